The lowest BCUT2D eigenvalue weighted by molar-refractivity contribution is 0.441. The molecular formula is C18H30O2. The minimum atomic E-state index is 0.346. The molecule has 0 bridgehead atoms. The highest BCUT2D eigenvalue weighted by molar-refractivity contribution is 5.56. The molecule has 2 heteroatoms. The van der Waals surface area contributed by atoms with E-state index < -0.39 is 0 Å². The lowest BCUT2D eigenvalue weighted by Gasteiger charge is -2.15. The summed E-state index contributed by atoms with van der Waals surface area (Å²) in [5, 5.41) is 20.3. The van der Waals surface area contributed by atoms with E-state index in [2.05, 4.69) is 6.92 Å². The van der Waals surface area contributed by atoms with Crippen LogP contribution in [-0.2, 0) is 6.42 Å². The third-order valence-corrected chi connectivity index (χ3v) is 4.40. The van der Waals surface area contributed by atoms with Crippen molar-refractivity contribution >= 4 is 0 Å². The first-order chi connectivity index (χ1) is 9.50. The van der Waals surface area contributed by atoms with E-state index in [1.54, 1.807) is 0 Å². The molecule has 0 aromatic heterocycles. The minimum absolute atomic E-state index is 0.346. The number of phenolic OH excluding ortho intramolecular Hbond substituents is 2. The number of phenols is 2. The van der Waals surface area contributed by atoms with Crippen molar-refractivity contribution < 1.29 is 10.2 Å². The van der Waals surface area contributed by atoms with Crippen molar-refractivity contribution in [2.24, 2.45) is 0 Å². The molecule has 0 aliphatic heterocycles. The number of benzene rings is 1. The van der Waals surface area contributed by atoms with Gasteiger partial charge in [0, 0.05) is 5.56 Å². The molecule has 0 spiro atoms. The van der Waals surface area contributed by atoms with Crippen molar-refractivity contribution in [3.8, 4) is 11.5 Å². The zero-order valence-corrected chi connectivity index (χ0v) is 13.6. The third-order valence-electron chi connectivity index (χ3n) is 4.40. The highest BCUT2D eigenvalue weighted by Gasteiger charge is 2.15. The van der Waals surface area contributed by atoms with Gasteiger partial charge in [0.2, 0.25) is 0 Å². The van der Waals surface area contributed by atoms with E-state index in [0.717, 1.165) is 35.1 Å². The molecule has 0 aliphatic carbocycles. The fourth-order valence-corrected chi connectivity index (χ4v) is 2.75. The van der Waals surface area contributed by atoms with Crippen LogP contribution in [0.3, 0.4) is 0 Å². The van der Waals surface area contributed by atoms with E-state index in [-0.39, 0.29) is 0 Å². The molecule has 2 nitrogen and oxygen atoms in total. The molecule has 0 radical (unpaired) electrons. The van der Waals surface area contributed by atoms with Crippen LogP contribution in [0.1, 0.15) is 74.1 Å². The quantitative estimate of drug-likeness (QED) is 0.499. The Kier molecular flexibility index (Phi) is 6.90. The summed E-state index contributed by atoms with van der Waals surface area (Å²) in [5.74, 6) is 0.724. The van der Waals surface area contributed by atoms with E-state index in [1.807, 2.05) is 20.8 Å². The summed E-state index contributed by atoms with van der Waals surface area (Å²) in [4.78, 5) is 0. The van der Waals surface area contributed by atoms with E-state index in [9.17, 15) is 10.2 Å². The van der Waals surface area contributed by atoms with Crippen molar-refractivity contribution in [1.29, 1.82) is 0 Å². The Balaban J connectivity index is 2.52. The van der Waals surface area contributed by atoms with E-state index >= 15 is 0 Å². The molecule has 114 valence electrons. The maximum absolute atomic E-state index is 10.2. The molecule has 0 saturated heterocycles. The van der Waals surface area contributed by atoms with Crippen LogP contribution in [0.25, 0.3) is 0 Å². The van der Waals surface area contributed by atoms with Crippen LogP contribution < -0.4 is 0 Å². The Bertz CT molecular complexity index is 407. The predicted molar refractivity (Wildman–Crippen MR) is 85.7 cm³/mol. The van der Waals surface area contributed by atoms with Crippen LogP contribution in [0.15, 0.2) is 0 Å². The average molecular weight is 278 g/mol. The van der Waals surface area contributed by atoms with Crippen LogP contribution in [-0.4, -0.2) is 10.2 Å². The Hall–Kier alpha value is -1.18. The van der Waals surface area contributed by atoms with Gasteiger partial charge in [-0.25, -0.2) is 0 Å². The van der Waals surface area contributed by atoms with Gasteiger partial charge in [0.1, 0.15) is 11.5 Å². The lowest BCUT2D eigenvalue weighted by Crippen LogP contribution is -1.97. The Labute approximate surface area is 123 Å². The molecule has 0 amide bonds. The summed E-state index contributed by atoms with van der Waals surface area (Å²) in [6.45, 7) is 7.86. The molecule has 2 N–H and O–H groups in total. The Morgan fingerprint density at radius 1 is 0.650 bits per heavy atom. The van der Waals surface area contributed by atoms with Gasteiger partial charge in [0.05, 0.1) is 0 Å². The first-order valence-electron chi connectivity index (χ1n) is 8.01. The monoisotopic (exact) mass is 278 g/mol. The minimum Gasteiger partial charge on any atom is -0.507 e. The number of hydrogen-bond acceptors (Lipinski definition) is 2. The third kappa shape index (κ3) is 4.16. The number of unbranched alkanes of at least 4 members (excludes halogenated alkanes) is 6. The summed E-state index contributed by atoms with van der Waals surface area (Å²) in [6, 6.07) is 0. The van der Waals surface area contributed by atoms with Crippen molar-refractivity contribution in [3.05, 3.63) is 22.3 Å². The fraction of sp³-hybridized carbons (Fsp3) is 0.667. The molecular weight excluding hydrogens is 248 g/mol. The van der Waals surface area contributed by atoms with E-state index in [1.165, 1.54) is 38.5 Å². The zero-order valence-electron chi connectivity index (χ0n) is 13.6. The molecule has 1 rings (SSSR count). The smallest absolute Gasteiger partial charge is 0.122 e. The van der Waals surface area contributed by atoms with Crippen LogP contribution in [0, 0.1) is 20.8 Å². The first kappa shape index (κ1) is 16.9. The highest BCUT2D eigenvalue weighted by Crippen LogP contribution is 2.36. The summed E-state index contributed by atoms with van der Waals surface area (Å²) < 4.78 is 0. The maximum Gasteiger partial charge on any atom is 0.122 e. The van der Waals surface area contributed by atoms with Gasteiger partial charge in [-0.05, 0) is 50.3 Å². The summed E-state index contributed by atoms with van der Waals surface area (Å²) >= 11 is 0. The molecule has 0 aliphatic rings. The summed E-state index contributed by atoms with van der Waals surface area (Å²) in [6.07, 6.45) is 9.71. The highest BCUT2D eigenvalue weighted by atomic mass is 16.3. The van der Waals surface area contributed by atoms with E-state index in [0.29, 0.717) is 11.5 Å². The number of hydrogen-bond donors (Lipinski definition) is 2. The Morgan fingerprint density at radius 2 is 1.15 bits per heavy atom. The standard InChI is InChI=1S/C18H30O2/c1-5-6-7-8-9-10-11-12-16-15(4)17(19)13(2)14(3)18(16)20/h19-20H,5-12H2,1-4H3. The second-order valence-electron chi connectivity index (χ2n) is 5.92. The van der Waals surface area contributed by atoms with Gasteiger partial charge >= 0.3 is 0 Å². The molecule has 0 heterocycles. The van der Waals surface area contributed by atoms with Crippen molar-refractivity contribution in [2.75, 3.05) is 0 Å². The number of aromatic hydroxyl groups is 2. The Morgan fingerprint density at radius 3 is 1.75 bits per heavy atom. The van der Waals surface area contributed by atoms with Crippen molar-refractivity contribution in [3.63, 3.8) is 0 Å². The molecule has 1 aromatic rings. The second kappa shape index (κ2) is 8.18. The molecule has 20 heavy (non-hydrogen) atoms. The van der Waals surface area contributed by atoms with Crippen molar-refractivity contribution in [2.45, 2.75) is 79.1 Å². The average Bonchev–Trinajstić information content (AvgIpc) is 2.45. The summed E-state index contributed by atoms with van der Waals surface area (Å²) in [7, 11) is 0. The fourth-order valence-electron chi connectivity index (χ4n) is 2.75. The van der Waals surface area contributed by atoms with Gasteiger partial charge in [-0.1, -0.05) is 45.4 Å². The molecule has 0 saturated carbocycles. The SMILES string of the molecule is CCCCCCCCCc1c(C)c(O)c(C)c(C)c1O. The number of rotatable bonds is 8. The largest absolute Gasteiger partial charge is 0.507 e. The van der Waals surface area contributed by atoms with Gasteiger partial charge in [0.25, 0.3) is 0 Å². The maximum atomic E-state index is 10.2. The van der Waals surface area contributed by atoms with Crippen LogP contribution in [0.2, 0.25) is 0 Å². The zero-order chi connectivity index (χ0) is 15.1. The molecule has 0 unspecified atom stereocenters. The van der Waals surface area contributed by atoms with Gasteiger partial charge in [-0.3, -0.25) is 0 Å². The van der Waals surface area contributed by atoms with Gasteiger partial charge in [0.15, 0.2) is 0 Å². The summed E-state index contributed by atoms with van der Waals surface area (Å²) in [5.41, 5.74) is 3.38. The topological polar surface area (TPSA) is 40.5 Å². The first-order valence-corrected chi connectivity index (χ1v) is 8.01. The lowest BCUT2D eigenvalue weighted by atomic mass is 9.94. The molecule has 0 fully saturated rings. The second-order valence-corrected chi connectivity index (χ2v) is 5.92. The van der Waals surface area contributed by atoms with Crippen LogP contribution in [0.5, 0.6) is 11.5 Å². The van der Waals surface area contributed by atoms with Gasteiger partial charge in [-0.15, -0.1) is 0 Å². The van der Waals surface area contributed by atoms with Gasteiger partial charge < -0.3 is 10.2 Å². The molecule has 0 atom stereocenters. The predicted octanol–water partition coefficient (Wildman–Crippen LogP) is 5.32. The van der Waals surface area contributed by atoms with Crippen LogP contribution in [0.4, 0.5) is 0 Å². The van der Waals surface area contributed by atoms with Crippen molar-refractivity contribution in [1.82, 2.24) is 0 Å². The van der Waals surface area contributed by atoms with Crippen LogP contribution >= 0.6 is 0 Å². The van der Waals surface area contributed by atoms with E-state index in [4.69, 9.17) is 0 Å². The molecule has 1 aromatic carbocycles. The normalized spacial score (nSPS) is 11.0. The van der Waals surface area contributed by atoms with Gasteiger partial charge in [-0.2, -0.15) is 0 Å².